The number of hydrogen-bond donors (Lipinski definition) is 0. The van der Waals surface area contributed by atoms with Crippen LogP contribution < -0.4 is 10.9 Å². The summed E-state index contributed by atoms with van der Waals surface area (Å²) in [5.41, 5.74) is 18.1. The predicted octanol–water partition coefficient (Wildman–Crippen LogP) is 13.5. The summed E-state index contributed by atoms with van der Waals surface area (Å²) < 4.78 is 25.8. The Bertz CT molecular complexity index is 2660. The molecule has 4 nitrogen and oxygen atoms in total. The molecular weight excluding hydrogens is 770 g/mol. The zero-order chi connectivity index (χ0) is 44.7. The minimum Gasteiger partial charge on any atom is -0.408 e. The highest BCUT2D eigenvalue weighted by Crippen LogP contribution is 2.56. The normalized spacial score (nSPS) is 14.6. The summed E-state index contributed by atoms with van der Waals surface area (Å²) in [5, 5.41) is 0. The lowest BCUT2D eigenvalue weighted by Crippen LogP contribution is -2.42. The van der Waals surface area contributed by atoms with E-state index in [2.05, 4.69) is 221 Å². The standard InChI is InChI=1S/C57H60B2O4/c1-12-60-58(61-55(5,6)7)47-34-30-45(31-35-47)54-50(42-24-18-38(2)19-25-42)49(41-16-14-13-15-17-41)53(46-32-36-48(37-33-46)59-62-56(8,9)57(10,11)63-59)51(43-26-20-39(3)21-27-43)52(54)44-28-22-40(4)23-29-44/h13-37H,12H2,1-11H3. The molecule has 1 aliphatic rings. The SMILES string of the molecule is CCOB(OC(C)(C)C)c1ccc(-c2c(-c3ccc(C)cc3)c(-c3ccccc3)c(-c3ccc(B4OC(C)(C)C(C)(C)O4)cc3)c(-c3ccc(C)cc3)c2-c2ccc(C)cc2)cc1. The first-order chi connectivity index (χ1) is 30.0. The van der Waals surface area contributed by atoms with Gasteiger partial charge in [-0.3, -0.25) is 0 Å². The maximum absolute atomic E-state index is 6.55. The molecule has 7 aromatic rings. The zero-order valence-corrected chi connectivity index (χ0v) is 38.9. The van der Waals surface area contributed by atoms with Gasteiger partial charge in [0, 0.05) is 12.2 Å². The second-order valence-corrected chi connectivity index (χ2v) is 19.1. The first kappa shape index (κ1) is 44.1. The first-order valence-electron chi connectivity index (χ1n) is 22.4. The van der Waals surface area contributed by atoms with Crippen LogP contribution >= 0.6 is 0 Å². The summed E-state index contributed by atoms with van der Waals surface area (Å²) >= 11 is 0. The van der Waals surface area contributed by atoms with Crippen LogP contribution in [-0.4, -0.2) is 37.6 Å². The van der Waals surface area contributed by atoms with Gasteiger partial charge in [-0.05, 0) is 154 Å². The Morgan fingerprint density at radius 3 is 1.11 bits per heavy atom. The Kier molecular flexibility index (Phi) is 12.3. The predicted molar refractivity (Wildman–Crippen MR) is 267 cm³/mol. The highest BCUT2D eigenvalue weighted by molar-refractivity contribution is 6.62. The van der Waals surface area contributed by atoms with E-state index in [1.54, 1.807) is 0 Å². The average molecular weight is 831 g/mol. The van der Waals surface area contributed by atoms with Crippen molar-refractivity contribution in [2.24, 2.45) is 0 Å². The summed E-state index contributed by atoms with van der Waals surface area (Å²) in [6.45, 7) is 23.6. The van der Waals surface area contributed by atoms with Gasteiger partial charge in [0.2, 0.25) is 0 Å². The van der Waals surface area contributed by atoms with Crippen LogP contribution in [0.4, 0.5) is 0 Å². The molecule has 1 heterocycles. The minimum atomic E-state index is -0.497. The van der Waals surface area contributed by atoms with Crippen molar-refractivity contribution in [3.05, 3.63) is 168 Å². The van der Waals surface area contributed by atoms with E-state index in [9.17, 15) is 0 Å². The highest BCUT2D eigenvalue weighted by Gasteiger charge is 2.51. The zero-order valence-electron chi connectivity index (χ0n) is 38.9. The number of rotatable bonds is 11. The van der Waals surface area contributed by atoms with Crippen molar-refractivity contribution in [1.29, 1.82) is 0 Å². The largest absolute Gasteiger partial charge is 0.494 e. The molecule has 7 aromatic carbocycles. The van der Waals surface area contributed by atoms with Crippen molar-refractivity contribution in [3.63, 3.8) is 0 Å². The molecule has 1 aliphatic heterocycles. The van der Waals surface area contributed by atoms with Crippen molar-refractivity contribution in [1.82, 2.24) is 0 Å². The van der Waals surface area contributed by atoms with Crippen LogP contribution in [0.25, 0.3) is 66.8 Å². The Morgan fingerprint density at radius 2 is 0.778 bits per heavy atom. The molecular formula is C57H60B2O4. The topological polar surface area (TPSA) is 36.9 Å². The second-order valence-electron chi connectivity index (χ2n) is 19.1. The van der Waals surface area contributed by atoms with Gasteiger partial charge < -0.3 is 18.6 Å². The molecule has 0 N–H and O–H groups in total. The van der Waals surface area contributed by atoms with Gasteiger partial charge in [-0.15, -0.1) is 0 Å². The lowest BCUT2D eigenvalue weighted by atomic mass is 9.72. The van der Waals surface area contributed by atoms with Crippen LogP contribution in [-0.2, 0) is 18.6 Å². The fraction of sp³-hybridized carbons (Fsp3) is 0.263. The molecule has 63 heavy (non-hydrogen) atoms. The Labute approximate surface area is 376 Å². The molecule has 0 amide bonds. The van der Waals surface area contributed by atoms with Crippen LogP contribution in [0.5, 0.6) is 0 Å². The van der Waals surface area contributed by atoms with Crippen molar-refractivity contribution in [2.45, 2.75) is 93.0 Å². The fourth-order valence-corrected chi connectivity index (χ4v) is 8.51. The van der Waals surface area contributed by atoms with Gasteiger partial charge in [0.15, 0.2) is 0 Å². The molecule has 0 saturated carbocycles. The van der Waals surface area contributed by atoms with Crippen LogP contribution in [0, 0.1) is 20.8 Å². The van der Waals surface area contributed by atoms with Gasteiger partial charge in [0.1, 0.15) is 0 Å². The average Bonchev–Trinajstić information content (AvgIpc) is 3.49. The van der Waals surface area contributed by atoms with Crippen molar-refractivity contribution < 1.29 is 18.6 Å². The van der Waals surface area contributed by atoms with E-state index in [1.165, 1.54) is 27.8 Å². The molecule has 0 aromatic heterocycles. The van der Waals surface area contributed by atoms with Crippen molar-refractivity contribution in [2.75, 3.05) is 6.61 Å². The van der Waals surface area contributed by atoms with Crippen LogP contribution in [0.15, 0.2) is 152 Å². The third-order valence-corrected chi connectivity index (χ3v) is 12.6. The van der Waals surface area contributed by atoms with E-state index in [0.29, 0.717) is 6.61 Å². The molecule has 1 fully saturated rings. The second kappa shape index (κ2) is 17.6. The molecule has 318 valence electrons. The third-order valence-electron chi connectivity index (χ3n) is 12.6. The molecule has 6 heteroatoms. The summed E-state index contributed by atoms with van der Waals surface area (Å²) in [6.07, 6.45) is 0. The molecule has 0 radical (unpaired) electrons. The molecule has 0 aliphatic carbocycles. The van der Waals surface area contributed by atoms with E-state index in [0.717, 1.165) is 66.6 Å². The molecule has 8 rings (SSSR count). The van der Waals surface area contributed by atoms with Crippen molar-refractivity contribution in [3.8, 4) is 66.8 Å². The van der Waals surface area contributed by atoms with Gasteiger partial charge in [0.25, 0.3) is 0 Å². The molecule has 1 saturated heterocycles. The van der Waals surface area contributed by atoms with E-state index < -0.39 is 25.4 Å². The van der Waals surface area contributed by atoms with Crippen molar-refractivity contribution >= 4 is 25.2 Å². The summed E-state index contributed by atoms with van der Waals surface area (Å²) in [5.74, 6) is 0. The number of benzene rings is 7. The lowest BCUT2D eigenvalue weighted by molar-refractivity contribution is 0.00578. The summed E-state index contributed by atoms with van der Waals surface area (Å²) in [4.78, 5) is 0. The lowest BCUT2D eigenvalue weighted by Gasteiger charge is -2.32. The molecule has 0 unspecified atom stereocenters. The summed E-state index contributed by atoms with van der Waals surface area (Å²) in [7, 11) is -0.968. The molecule has 0 atom stereocenters. The smallest absolute Gasteiger partial charge is 0.408 e. The van der Waals surface area contributed by atoms with Gasteiger partial charge in [-0.2, -0.15) is 0 Å². The van der Waals surface area contributed by atoms with Gasteiger partial charge >= 0.3 is 14.2 Å². The van der Waals surface area contributed by atoms with Crippen LogP contribution in [0.1, 0.15) is 72.1 Å². The van der Waals surface area contributed by atoms with E-state index >= 15 is 0 Å². The molecule has 0 bridgehead atoms. The Morgan fingerprint density at radius 1 is 0.460 bits per heavy atom. The third kappa shape index (κ3) is 9.14. The highest BCUT2D eigenvalue weighted by atomic mass is 16.7. The molecule has 0 spiro atoms. The number of aryl methyl sites for hydroxylation is 3. The maximum Gasteiger partial charge on any atom is 0.494 e. The summed E-state index contributed by atoms with van der Waals surface area (Å²) in [6, 6.07) is 55.7. The fourth-order valence-electron chi connectivity index (χ4n) is 8.51. The van der Waals surface area contributed by atoms with E-state index in [-0.39, 0.29) is 5.60 Å². The van der Waals surface area contributed by atoms with Crippen LogP contribution in [0.3, 0.4) is 0 Å². The minimum absolute atomic E-state index is 0.387. The number of hydrogen-bond acceptors (Lipinski definition) is 4. The Balaban J connectivity index is 1.52. The first-order valence-corrected chi connectivity index (χ1v) is 22.4. The quantitative estimate of drug-likeness (QED) is 0.122. The van der Waals surface area contributed by atoms with Gasteiger partial charge in [-0.1, -0.05) is 168 Å². The van der Waals surface area contributed by atoms with Gasteiger partial charge in [-0.25, -0.2) is 0 Å². The monoisotopic (exact) mass is 830 g/mol. The van der Waals surface area contributed by atoms with E-state index in [1.807, 2.05) is 6.92 Å². The van der Waals surface area contributed by atoms with Crippen LogP contribution in [0.2, 0.25) is 0 Å². The van der Waals surface area contributed by atoms with Gasteiger partial charge in [0.05, 0.1) is 11.2 Å². The Hall–Kier alpha value is -5.49. The van der Waals surface area contributed by atoms with E-state index in [4.69, 9.17) is 18.6 Å². The maximum atomic E-state index is 6.55.